The SMILES string of the molecule is CCOC(=O)C1=C(C)N=c2s/c(=C\c3cc(Cl)ccc3OCc3ccc(Cl)cc3Cl)c(=O)n2[C@@H]1c1ccc(OC)c(Br)c1. The molecule has 12 heteroatoms. The van der Waals surface area contributed by atoms with Crippen LogP contribution < -0.4 is 24.4 Å². The summed E-state index contributed by atoms with van der Waals surface area (Å²) in [6, 6.07) is 15.0. The molecule has 1 aliphatic rings. The van der Waals surface area contributed by atoms with Gasteiger partial charge in [0.25, 0.3) is 5.56 Å². The number of nitrogens with zero attached hydrogens (tertiary/aromatic N) is 2. The molecule has 0 radical (unpaired) electrons. The summed E-state index contributed by atoms with van der Waals surface area (Å²) in [6.45, 7) is 3.82. The van der Waals surface area contributed by atoms with Gasteiger partial charge in [-0.1, -0.05) is 58.3 Å². The van der Waals surface area contributed by atoms with E-state index >= 15 is 0 Å². The van der Waals surface area contributed by atoms with Gasteiger partial charge in [0.1, 0.15) is 18.1 Å². The molecule has 2 heterocycles. The average molecular weight is 723 g/mol. The van der Waals surface area contributed by atoms with Gasteiger partial charge in [-0.2, -0.15) is 0 Å². The normalized spacial score (nSPS) is 14.8. The van der Waals surface area contributed by atoms with E-state index in [1.165, 1.54) is 15.9 Å². The van der Waals surface area contributed by atoms with Crippen LogP contribution in [0.4, 0.5) is 0 Å². The number of fused-ring (bicyclic) bond motifs is 1. The van der Waals surface area contributed by atoms with Crippen molar-refractivity contribution >= 4 is 74.1 Å². The molecule has 7 nitrogen and oxygen atoms in total. The molecule has 43 heavy (non-hydrogen) atoms. The average Bonchev–Trinajstić information content (AvgIpc) is 3.26. The van der Waals surface area contributed by atoms with Crippen molar-refractivity contribution in [1.82, 2.24) is 4.57 Å². The fourth-order valence-electron chi connectivity index (χ4n) is 4.66. The van der Waals surface area contributed by atoms with E-state index in [0.29, 0.717) is 57.2 Å². The standard InChI is InChI=1S/C31H24BrCl3N2O5S/c1-4-41-30(39)27-16(2)36-31-37(28(27)17-6-9-25(40-3)22(32)12-17)29(38)26(43-31)13-19-11-20(33)8-10-24(19)42-15-18-5-7-21(34)14-23(18)35/h5-14,28H,4,15H2,1-3H3/b26-13-/t28-/m1/s1. The van der Waals surface area contributed by atoms with Gasteiger partial charge in [0, 0.05) is 26.2 Å². The van der Waals surface area contributed by atoms with Crippen molar-refractivity contribution in [3.05, 3.63) is 122 Å². The quantitative estimate of drug-likeness (QED) is 0.181. The highest BCUT2D eigenvalue weighted by Gasteiger charge is 2.33. The monoisotopic (exact) mass is 720 g/mol. The first-order chi connectivity index (χ1) is 20.6. The highest BCUT2D eigenvalue weighted by atomic mass is 79.9. The Balaban J connectivity index is 1.63. The zero-order chi connectivity index (χ0) is 30.8. The van der Waals surface area contributed by atoms with E-state index < -0.39 is 12.0 Å². The van der Waals surface area contributed by atoms with E-state index in [0.717, 1.165) is 5.56 Å². The molecule has 4 aromatic rings. The molecule has 0 N–H and O–H groups in total. The number of aromatic nitrogens is 1. The largest absolute Gasteiger partial charge is 0.496 e. The van der Waals surface area contributed by atoms with E-state index in [4.69, 9.17) is 49.0 Å². The van der Waals surface area contributed by atoms with E-state index in [-0.39, 0.29) is 24.3 Å². The zero-order valence-corrected chi connectivity index (χ0v) is 27.8. The highest BCUT2D eigenvalue weighted by molar-refractivity contribution is 9.10. The first-order valence-electron chi connectivity index (χ1n) is 13.0. The smallest absolute Gasteiger partial charge is 0.338 e. The van der Waals surface area contributed by atoms with Crippen LogP contribution in [0.3, 0.4) is 0 Å². The second-order valence-corrected chi connectivity index (χ2v) is 12.5. The number of esters is 1. The van der Waals surface area contributed by atoms with Gasteiger partial charge in [-0.3, -0.25) is 9.36 Å². The molecule has 1 aliphatic heterocycles. The lowest BCUT2D eigenvalue weighted by Crippen LogP contribution is -2.40. The first-order valence-corrected chi connectivity index (χ1v) is 15.7. The summed E-state index contributed by atoms with van der Waals surface area (Å²) in [4.78, 5) is 32.3. The van der Waals surface area contributed by atoms with E-state index in [1.54, 1.807) is 69.5 Å². The summed E-state index contributed by atoms with van der Waals surface area (Å²) in [7, 11) is 1.56. The van der Waals surface area contributed by atoms with Crippen molar-refractivity contribution in [2.75, 3.05) is 13.7 Å². The molecular formula is C31H24BrCl3N2O5S. The number of methoxy groups -OCH3 is 1. The minimum Gasteiger partial charge on any atom is -0.496 e. The summed E-state index contributed by atoms with van der Waals surface area (Å²) in [5.74, 6) is 0.574. The minimum absolute atomic E-state index is 0.175. The number of carbonyl (C=O) groups excluding carboxylic acids is 1. The molecule has 1 aromatic heterocycles. The maximum atomic E-state index is 14.1. The van der Waals surface area contributed by atoms with Gasteiger partial charge >= 0.3 is 5.97 Å². The molecule has 0 fully saturated rings. The molecule has 0 saturated carbocycles. The Bertz CT molecular complexity index is 1950. The number of hydrogen-bond donors (Lipinski definition) is 0. The molecule has 0 spiro atoms. The minimum atomic E-state index is -0.776. The Kier molecular flexibility index (Phi) is 9.68. The van der Waals surface area contributed by atoms with Crippen LogP contribution in [0.25, 0.3) is 6.08 Å². The third kappa shape index (κ3) is 6.56. The van der Waals surface area contributed by atoms with Crippen molar-refractivity contribution in [3.8, 4) is 11.5 Å². The Morgan fingerprint density at radius 1 is 1.07 bits per heavy atom. The van der Waals surface area contributed by atoms with Gasteiger partial charge in [0.2, 0.25) is 0 Å². The second-order valence-electron chi connectivity index (χ2n) is 9.40. The number of carbonyl (C=O) groups is 1. The molecule has 3 aromatic carbocycles. The third-order valence-corrected chi connectivity index (χ3v) is 9.09. The number of ether oxygens (including phenoxy) is 3. The van der Waals surface area contributed by atoms with Crippen molar-refractivity contribution in [2.24, 2.45) is 4.99 Å². The number of halogens is 4. The van der Waals surface area contributed by atoms with Crippen LogP contribution in [-0.4, -0.2) is 24.3 Å². The second kappa shape index (κ2) is 13.3. The number of rotatable bonds is 8. The Morgan fingerprint density at radius 3 is 2.49 bits per heavy atom. The lowest BCUT2D eigenvalue weighted by Gasteiger charge is -2.25. The number of allylic oxidation sites excluding steroid dienone is 1. The van der Waals surface area contributed by atoms with Crippen molar-refractivity contribution in [1.29, 1.82) is 0 Å². The van der Waals surface area contributed by atoms with E-state index in [9.17, 15) is 9.59 Å². The fraction of sp³-hybridized carbons (Fsp3) is 0.194. The van der Waals surface area contributed by atoms with Gasteiger partial charge < -0.3 is 14.2 Å². The number of hydrogen-bond acceptors (Lipinski definition) is 7. The molecular weight excluding hydrogens is 699 g/mol. The van der Waals surface area contributed by atoms with Crippen molar-refractivity contribution < 1.29 is 19.0 Å². The lowest BCUT2D eigenvalue weighted by atomic mass is 9.96. The molecule has 0 bridgehead atoms. The van der Waals surface area contributed by atoms with E-state index in [2.05, 4.69) is 20.9 Å². The topological polar surface area (TPSA) is 79.1 Å². The van der Waals surface area contributed by atoms with Crippen LogP contribution in [0.2, 0.25) is 15.1 Å². The summed E-state index contributed by atoms with van der Waals surface area (Å²) >= 11 is 23.4. The Hall–Kier alpha value is -3.08. The van der Waals surface area contributed by atoms with Crippen LogP contribution >= 0.6 is 62.1 Å². The predicted molar refractivity (Wildman–Crippen MR) is 173 cm³/mol. The molecule has 222 valence electrons. The van der Waals surface area contributed by atoms with Crippen molar-refractivity contribution in [2.45, 2.75) is 26.5 Å². The van der Waals surface area contributed by atoms with E-state index in [1.807, 2.05) is 12.1 Å². The Morgan fingerprint density at radius 2 is 1.79 bits per heavy atom. The highest BCUT2D eigenvalue weighted by Crippen LogP contribution is 2.35. The maximum absolute atomic E-state index is 14.1. The molecule has 0 unspecified atom stereocenters. The molecule has 0 saturated heterocycles. The Labute approximate surface area is 274 Å². The summed E-state index contributed by atoms with van der Waals surface area (Å²) in [6.07, 6.45) is 1.71. The van der Waals surface area contributed by atoms with Crippen LogP contribution in [0, 0.1) is 0 Å². The number of thiazole rings is 1. The van der Waals surface area contributed by atoms with Gasteiger partial charge in [-0.05, 0) is 83.9 Å². The van der Waals surface area contributed by atoms with Crippen LogP contribution in [-0.2, 0) is 16.1 Å². The van der Waals surface area contributed by atoms with Crippen LogP contribution in [0.1, 0.15) is 36.6 Å². The molecule has 1 atom stereocenters. The molecule has 0 amide bonds. The number of benzene rings is 3. The molecule has 5 rings (SSSR count). The third-order valence-electron chi connectivity index (χ3n) is 6.67. The van der Waals surface area contributed by atoms with Gasteiger partial charge in [0.15, 0.2) is 4.80 Å². The van der Waals surface area contributed by atoms with Gasteiger partial charge in [-0.15, -0.1) is 0 Å². The maximum Gasteiger partial charge on any atom is 0.338 e. The summed E-state index contributed by atoms with van der Waals surface area (Å²) in [5, 5.41) is 1.48. The lowest BCUT2D eigenvalue weighted by molar-refractivity contribution is -0.139. The predicted octanol–water partition coefficient (Wildman–Crippen LogP) is 7.11. The summed E-state index contributed by atoms with van der Waals surface area (Å²) in [5.41, 5.74) is 2.44. The zero-order valence-electron chi connectivity index (χ0n) is 23.1. The van der Waals surface area contributed by atoms with Crippen LogP contribution in [0.5, 0.6) is 11.5 Å². The van der Waals surface area contributed by atoms with Crippen LogP contribution in [0.15, 0.2) is 80.1 Å². The summed E-state index contributed by atoms with van der Waals surface area (Å²) < 4.78 is 19.4. The van der Waals surface area contributed by atoms with Crippen molar-refractivity contribution in [3.63, 3.8) is 0 Å². The first kappa shape index (κ1) is 31.3. The fourth-order valence-corrected chi connectivity index (χ4v) is 6.90. The molecule has 0 aliphatic carbocycles. The van der Waals surface area contributed by atoms with Gasteiger partial charge in [-0.25, -0.2) is 9.79 Å². The van der Waals surface area contributed by atoms with Gasteiger partial charge in [0.05, 0.1) is 40.0 Å².